The van der Waals surface area contributed by atoms with Gasteiger partial charge in [-0.25, -0.2) is 4.79 Å². The standard InChI is InChI=1S/C17H16BrN3O3S/c1-9(2)8-21-16-11(15(23)20(3)17(21)24)12(18)14(25-16)13(22)10-5-4-6-19-7-10/h4-7,9H,8H2,1-3H3. The fourth-order valence-corrected chi connectivity index (χ4v) is 4.66. The van der Waals surface area contributed by atoms with Gasteiger partial charge in [0, 0.05) is 31.5 Å². The molecule has 0 atom stereocenters. The summed E-state index contributed by atoms with van der Waals surface area (Å²) in [7, 11) is 1.45. The molecular formula is C17H16BrN3O3S. The lowest BCUT2D eigenvalue weighted by Gasteiger charge is -2.11. The Morgan fingerprint density at radius 3 is 2.68 bits per heavy atom. The molecule has 0 amide bonds. The van der Waals surface area contributed by atoms with Gasteiger partial charge < -0.3 is 0 Å². The van der Waals surface area contributed by atoms with Crippen molar-refractivity contribution >= 4 is 43.3 Å². The molecule has 0 bridgehead atoms. The number of ketones is 1. The number of aromatic nitrogens is 3. The molecule has 130 valence electrons. The zero-order valence-corrected chi connectivity index (χ0v) is 16.3. The third kappa shape index (κ3) is 3.00. The highest BCUT2D eigenvalue weighted by atomic mass is 79.9. The molecule has 0 aromatic carbocycles. The van der Waals surface area contributed by atoms with Gasteiger partial charge in [0.25, 0.3) is 5.56 Å². The number of halogens is 1. The molecule has 0 N–H and O–H groups in total. The lowest BCUT2D eigenvalue weighted by atomic mass is 10.1. The maximum absolute atomic E-state index is 12.8. The van der Waals surface area contributed by atoms with Crippen LogP contribution in [0.1, 0.15) is 29.1 Å². The molecule has 3 heterocycles. The predicted molar refractivity (Wildman–Crippen MR) is 102 cm³/mol. The first-order valence-electron chi connectivity index (χ1n) is 7.69. The Labute approximate surface area is 155 Å². The number of thiophene rings is 1. The summed E-state index contributed by atoms with van der Waals surface area (Å²) in [5.41, 5.74) is -0.349. The quantitative estimate of drug-likeness (QED) is 0.607. The van der Waals surface area contributed by atoms with Crippen molar-refractivity contribution in [2.75, 3.05) is 0 Å². The molecule has 0 aliphatic heterocycles. The van der Waals surface area contributed by atoms with Gasteiger partial charge in [-0.3, -0.25) is 23.7 Å². The number of carbonyl (C=O) groups excluding carboxylic acids is 1. The molecule has 0 aliphatic carbocycles. The topological polar surface area (TPSA) is 74.0 Å². The summed E-state index contributed by atoms with van der Waals surface area (Å²) in [6.07, 6.45) is 3.07. The fourth-order valence-electron chi connectivity index (χ4n) is 2.60. The van der Waals surface area contributed by atoms with E-state index in [0.29, 0.717) is 31.7 Å². The van der Waals surface area contributed by atoms with Crippen LogP contribution in [0.15, 0.2) is 38.6 Å². The number of rotatable bonds is 4. The van der Waals surface area contributed by atoms with Crippen LogP contribution in [0.2, 0.25) is 0 Å². The van der Waals surface area contributed by atoms with E-state index in [4.69, 9.17) is 0 Å². The number of fused-ring (bicyclic) bond motifs is 1. The average Bonchev–Trinajstić information content (AvgIpc) is 2.94. The van der Waals surface area contributed by atoms with Crippen LogP contribution in [0.25, 0.3) is 10.2 Å². The van der Waals surface area contributed by atoms with E-state index in [1.54, 1.807) is 22.9 Å². The number of carbonyl (C=O) groups is 1. The van der Waals surface area contributed by atoms with Crippen molar-refractivity contribution < 1.29 is 4.79 Å². The molecule has 8 heteroatoms. The summed E-state index contributed by atoms with van der Waals surface area (Å²) in [5.74, 6) is -0.0106. The third-order valence-electron chi connectivity index (χ3n) is 3.79. The minimum atomic E-state index is -0.409. The Morgan fingerprint density at radius 2 is 2.08 bits per heavy atom. The Kier molecular flexibility index (Phi) is 4.75. The molecule has 3 aromatic rings. The lowest BCUT2D eigenvalue weighted by Crippen LogP contribution is -2.38. The Hall–Kier alpha value is -2.06. The second kappa shape index (κ2) is 6.68. The summed E-state index contributed by atoms with van der Waals surface area (Å²) < 4.78 is 3.08. The first kappa shape index (κ1) is 17.8. The van der Waals surface area contributed by atoms with Gasteiger partial charge in [-0.1, -0.05) is 13.8 Å². The molecule has 0 saturated heterocycles. The molecule has 0 fully saturated rings. The molecule has 0 aliphatic rings. The fraction of sp³-hybridized carbons (Fsp3) is 0.294. The van der Waals surface area contributed by atoms with Gasteiger partial charge in [0.1, 0.15) is 4.83 Å². The lowest BCUT2D eigenvalue weighted by molar-refractivity contribution is 0.104. The number of hydrogen-bond acceptors (Lipinski definition) is 5. The van der Waals surface area contributed by atoms with Gasteiger partial charge in [0.15, 0.2) is 0 Å². The van der Waals surface area contributed by atoms with E-state index >= 15 is 0 Å². The summed E-state index contributed by atoms with van der Waals surface area (Å²) in [5, 5.41) is 0.361. The van der Waals surface area contributed by atoms with Crippen LogP contribution in [0.5, 0.6) is 0 Å². The van der Waals surface area contributed by atoms with Gasteiger partial charge in [0.05, 0.1) is 14.7 Å². The van der Waals surface area contributed by atoms with Gasteiger partial charge in [0.2, 0.25) is 5.78 Å². The van der Waals surface area contributed by atoms with Crippen molar-refractivity contribution in [3.8, 4) is 0 Å². The first-order valence-corrected chi connectivity index (χ1v) is 9.30. The monoisotopic (exact) mass is 421 g/mol. The van der Waals surface area contributed by atoms with Crippen molar-refractivity contribution in [1.82, 2.24) is 14.1 Å². The van der Waals surface area contributed by atoms with Crippen molar-refractivity contribution in [1.29, 1.82) is 0 Å². The molecule has 0 spiro atoms. The predicted octanol–water partition coefficient (Wildman–Crippen LogP) is 2.81. The molecule has 0 unspecified atom stereocenters. The van der Waals surface area contributed by atoms with Gasteiger partial charge in [-0.15, -0.1) is 11.3 Å². The number of nitrogens with zero attached hydrogens (tertiary/aromatic N) is 3. The summed E-state index contributed by atoms with van der Waals surface area (Å²) in [6.45, 7) is 4.46. The van der Waals surface area contributed by atoms with E-state index in [0.717, 1.165) is 15.9 Å². The molecule has 3 rings (SSSR count). The van der Waals surface area contributed by atoms with Gasteiger partial charge in [-0.2, -0.15) is 0 Å². The van der Waals surface area contributed by atoms with Gasteiger partial charge in [-0.05, 0) is 34.0 Å². The molecule has 0 radical (unpaired) electrons. The highest BCUT2D eigenvalue weighted by Crippen LogP contribution is 2.34. The first-order chi connectivity index (χ1) is 11.8. The van der Waals surface area contributed by atoms with E-state index in [2.05, 4.69) is 20.9 Å². The number of pyridine rings is 1. The van der Waals surface area contributed by atoms with E-state index in [9.17, 15) is 14.4 Å². The van der Waals surface area contributed by atoms with E-state index in [-0.39, 0.29) is 17.4 Å². The van der Waals surface area contributed by atoms with E-state index in [1.165, 1.54) is 13.2 Å². The van der Waals surface area contributed by atoms with Crippen LogP contribution >= 0.6 is 27.3 Å². The van der Waals surface area contributed by atoms with Crippen LogP contribution in [0.3, 0.4) is 0 Å². The summed E-state index contributed by atoms with van der Waals surface area (Å²) >= 11 is 4.56. The minimum absolute atomic E-state index is 0.219. The maximum Gasteiger partial charge on any atom is 0.331 e. The Morgan fingerprint density at radius 1 is 1.36 bits per heavy atom. The molecule has 3 aromatic heterocycles. The van der Waals surface area contributed by atoms with Crippen LogP contribution < -0.4 is 11.2 Å². The number of hydrogen-bond donors (Lipinski definition) is 0. The molecule has 0 saturated carbocycles. The zero-order chi connectivity index (χ0) is 18.3. The SMILES string of the molecule is CC(C)Cn1c(=O)n(C)c(=O)c2c(Br)c(C(=O)c3cccnc3)sc21. The van der Waals surface area contributed by atoms with Crippen molar-refractivity contribution in [3.05, 3.63) is 60.3 Å². The molecule has 25 heavy (non-hydrogen) atoms. The smallest absolute Gasteiger partial charge is 0.288 e. The molecular weight excluding hydrogens is 406 g/mol. The highest BCUT2D eigenvalue weighted by Gasteiger charge is 2.24. The van der Waals surface area contributed by atoms with Gasteiger partial charge >= 0.3 is 5.69 Å². The summed E-state index contributed by atoms with van der Waals surface area (Å²) in [6, 6.07) is 3.35. The normalized spacial score (nSPS) is 11.4. The minimum Gasteiger partial charge on any atom is -0.288 e. The zero-order valence-electron chi connectivity index (χ0n) is 13.9. The van der Waals surface area contributed by atoms with Crippen molar-refractivity contribution in [2.45, 2.75) is 20.4 Å². The van der Waals surface area contributed by atoms with Crippen LogP contribution in [-0.2, 0) is 13.6 Å². The average molecular weight is 422 g/mol. The van der Waals surface area contributed by atoms with Crippen molar-refractivity contribution in [2.24, 2.45) is 13.0 Å². The van der Waals surface area contributed by atoms with E-state index < -0.39 is 5.56 Å². The maximum atomic E-state index is 12.8. The van der Waals surface area contributed by atoms with E-state index in [1.807, 2.05) is 13.8 Å². The Balaban J connectivity index is 2.33. The largest absolute Gasteiger partial charge is 0.331 e. The van der Waals surface area contributed by atoms with Crippen LogP contribution in [-0.4, -0.2) is 19.9 Å². The Bertz CT molecular complexity index is 1080. The second-order valence-electron chi connectivity index (χ2n) is 6.15. The van der Waals surface area contributed by atoms with Crippen LogP contribution in [0, 0.1) is 5.92 Å². The molecule has 6 nitrogen and oxygen atoms in total. The second-order valence-corrected chi connectivity index (χ2v) is 7.94. The highest BCUT2D eigenvalue weighted by molar-refractivity contribution is 9.10. The third-order valence-corrected chi connectivity index (χ3v) is 6.06. The summed E-state index contributed by atoms with van der Waals surface area (Å²) in [4.78, 5) is 42.8. The van der Waals surface area contributed by atoms with Crippen molar-refractivity contribution in [3.63, 3.8) is 0 Å². The van der Waals surface area contributed by atoms with Crippen LogP contribution in [0.4, 0.5) is 0 Å².